The summed E-state index contributed by atoms with van der Waals surface area (Å²) in [5, 5.41) is 9.83. The van der Waals surface area contributed by atoms with Crippen molar-refractivity contribution < 1.29 is 5.11 Å². The Morgan fingerprint density at radius 2 is 1.71 bits per heavy atom. The molecule has 2 heteroatoms. The molecule has 1 aromatic carbocycles. The first-order valence-electron chi connectivity index (χ1n) is 5.23. The predicted octanol–water partition coefficient (Wildman–Crippen LogP) is 1.80. The quantitative estimate of drug-likeness (QED) is 0.766. The van der Waals surface area contributed by atoms with Crippen LogP contribution in [0.2, 0.25) is 0 Å². The summed E-state index contributed by atoms with van der Waals surface area (Å²) < 4.78 is 0. The van der Waals surface area contributed by atoms with E-state index in [0.29, 0.717) is 6.54 Å². The highest BCUT2D eigenvalue weighted by molar-refractivity contribution is 5.37. The van der Waals surface area contributed by atoms with Crippen LogP contribution in [0, 0.1) is 0 Å². The molecule has 14 heavy (non-hydrogen) atoms. The molecule has 0 fully saturated rings. The minimum absolute atomic E-state index is 0.296. The number of nitrogens with two attached hydrogens (primary N) is 1. The third-order valence-electron chi connectivity index (χ3n) is 2.61. The highest BCUT2D eigenvalue weighted by Gasteiger charge is 2.13. The Bertz CT molecular complexity index is 274. The zero-order valence-electron chi connectivity index (χ0n) is 8.96. The number of aryl methyl sites for hydroxylation is 2. The van der Waals surface area contributed by atoms with Crippen LogP contribution in [0.3, 0.4) is 0 Å². The lowest BCUT2D eigenvalue weighted by atomic mass is 9.93. The van der Waals surface area contributed by atoms with Crippen LogP contribution in [0.4, 0.5) is 0 Å². The molecule has 1 rings (SSSR count). The minimum Gasteiger partial charge on any atom is -0.387 e. The van der Waals surface area contributed by atoms with Crippen molar-refractivity contribution in [3.8, 4) is 0 Å². The van der Waals surface area contributed by atoms with Gasteiger partial charge in [0.05, 0.1) is 6.10 Å². The molecular formula is C12H19NO. The molecule has 78 valence electrons. The molecule has 0 saturated carbocycles. The van der Waals surface area contributed by atoms with E-state index in [4.69, 9.17) is 5.73 Å². The Balaban J connectivity index is 3.18. The van der Waals surface area contributed by atoms with Crippen LogP contribution in [0.5, 0.6) is 0 Å². The Morgan fingerprint density at radius 3 is 2.07 bits per heavy atom. The van der Waals surface area contributed by atoms with E-state index in [-0.39, 0.29) is 0 Å². The Labute approximate surface area is 85.8 Å². The summed E-state index contributed by atoms with van der Waals surface area (Å²) in [7, 11) is 0. The smallest absolute Gasteiger partial charge is 0.0917 e. The molecule has 2 nitrogen and oxygen atoms in total. The van der Waals surface area contributed by atoms with Crippen molar-refractivity contribution in [2.75, 3.05) is 6.54 Å². The van der Waals surface area contributed by atoms with Crippen molar-refractivity contribution in [3.63, 3.8) is 0 Å². The largest absolute Gasteiger partial charge is 0.387 e. The maximum atomic E-state index is 9.83. The summed E-state index contributed by atoms with van der Waals surface area (Å²) in [4.78, 5) is 0. The maximum Gasteiger partial charge on any atom is 0.0917 e. The van der Waals surface area contributed by atoms with E-state index >= 15 is 0 Å². The Hall–Kier alpha value is -0.860. The zero-order valence-corrected chi connectivity index (χ0v) is 8.96. The van der Waals surface area contributed by atoms with Crippen molar-refractivity contribution in [1.29, 1.82) is 0 Å². The van der Waals surface area contributed by atoms with Gasteiger partial charge in [0.15, 0.2) is 0 Å². The van der Waals surface area contributed by atoms with E-state index in [1.54, 1.807) is 0 Å². The van der Waals surface area contributed by atoms with Crippen molar-refractivity contribution in [3.05, 3.63) is 34.9 Å². The van der Waals surface area contributed by atoms with Gasteiger partial charge >= 0.3 is 0 Å². The average Bonchev–Trinajstić information content (AvgIpc) is 2.26. The number of hydrogen-bond acceptors (Lipinski definition) is 2. The number of rotatable bonds is 4. The van der Waals surface area contributed by atoms with Crippen LogP contribution >= 0.6 is 0 Å². The summed E-state index contributed by atoms with van der Waals surface area (Å²) in [6, 6.07) is 6.17. The molecule has 0 radical (unpaired) electrons. The molecule has 0 bridgehead atoms. The van der Waals surface area contributed by atoms with Gasteiger partial charge in [0.1, 0.15) is 0 Å². The first-order chi connectivity index (χ1) is 6.74. The van der Waals surface area contributed by atoms with Crippen LogP contribution in [0.25, 0.3) is 0 Å². The second-order valence-electron chi connectivity index (χ2n) is 3.45. The van der Waals surface area contributed by atoms with Gasteiger partial charge in [-0.3, -0.25) is 0 Å². The molecule has 0 aliphatic rings. The number of aliphatic hydroxyl groups is 1. The van der Waals surface area contributed by atoms with Crippen LogP contribution in [-0.4, -0.2) is 11.7 Å². The highest BCUT2D eigenvalue weighted by atomic mass is 16.3. The number of aliphatic hydroxyl groups excluding tert-OH is 1. The van der Waals surface area contributed by atoms with Gasteiger partial charge in [0.25, 0.3) is 0 Å². The molecule has 0 heterocycles. The van der Waals surface area contributed by atoms with E-state index in [2.05, 4.69) is 26.0 Å². The van der Waals surface area contributed by atoms with Gasteiger partial charge in [0, 0.05) is 6.54 Å². The van der Waals surface area contributed by atoms with E-state index in [0.717, 1.165) is 18.4 Å². The maximum absolute atomic E-state index is 9.83. The summed E-state index contributed by atoms with van der Waals surface area (Å²) >= 11 is 0. The lowest BCUT2D eigenvalue weighted by Crippen LogP contribution is -2.15. The van der Waals surface area contributed by atoms with Gasteiger partial charge in [-0.25, -0.2) is 0 Å². The zero-order chi connectivity index (χ0) is 10.6. The third-order valence-corrected chi connectivity index (χ3v) is 2.61. The lowest BCUT2D eigenvalue weighted by molar-refractivity contribution is 0.184. The van der Waals surface area contributed by atoms with Gasteiger partial charge in [-0.15, -0.1) is 0 Å². The Kier molecular flexibility index (Phi) is 4.11. The van der Waals surface area contributed by atoms with Gasteiger partial charge < -0.3 is 10.8 Å². The SMILES string of the molecule is CCc1cccc(CC)c1C(O)CN. The molecule has 0 aromatic heterocycles. The topological polar surface area (TPSA) is 46.2 Å². The molecule has 0 aliphatic carbocycles. The van der Waals surface area contributed by atoms with E-state index in [1.807, 2.05) is 6.07 Å². The summed E-state index contributed by atoms with van der Waals surface area (Å²) in [6.07, 6.45) is 1.38. The van der Waals surface area contributed by atoms with Gasteiger partial charge in [-0.2, -0.15) is 0 Å². The van der Waals surface area contributed by atoms with Crippen molar-refractivity contribution in [2.45, 2.75) is 32.8 Å². The van der Waals surface area contributed by atoms with Crippen LogP contribution in [0.1, 0.15) is 36.6 Å². The third kappa shape index (κ3) is 2.14. The van der Waals surface area contributed by atoms with E-state index < -0.39 is 6.10 Å². The van der Waals surface area contributed by atoms with Crippen molar-refractivity contribution in [2.24, 2.45) is 5.73 Å². The predicted molar refractivity (Wildman–Crippen MR) is 59.2 cm³/mol. The molecule has 1 aromatic rings. The Morgan fingerprint density at radius 1 is 1.21 bits per heavy atom. The molecule has 0 aliphatic heterocycles. The molecular weight excluding hydrogens is 174 g/mol. The second-order valence-corrected chi connectivity index (χ2v) is 3.45. The first-order valence-corrected chi connectivity index (χ1v) is 5.23. The lowest BCUT2D eigenvalue weighted by Gasteiger charge is -2.17. The van der Waals surface area contributed by atoms with Gasteiger partial charge in [-0.1, -0.05) is 32.0 Å². The molecule has 0 saturated heterocycles. The van der Waals surface area contributed by atoms with Gasteiger partial charge in [-0.05, 0) is 29.5 Å². The van der Waals surface area contributed by atoms with E-state index in [9.17, 15) is 5.11 Å². The number of benzene rings is 1. The van der Waals surface area contributed by atoms with E-state index in [1.165, 1.54) is 11.1 Å². The van der Waals surface area contributed by atoms with Crippen molar-refractivity contribution >= 4 is 0 Å². The van der Waals surface area contributed by atoms with Crippen molar-refractivity contribution in [1.82, 2.24) is 0 Å². The number of hydrogen-bond donors (Lipinski definition) is 2. The summed E-state index contributed by atoms with van der Waals surface area (Å²) in [5.41, 5.74) is 8.96. The fraction of sp³-hybridized carbons (Fsp3) is 0.500. The van der Waals surface area contributed by atoms with Gasteiger partial charge in [0.2, 0.25) is 0 Å². The summed E-state index contributed by atoms with van der Waals surface area (Å²) in [6.45, 7) is 4.49. The standard InChI is InChI=1S/C12H19NO/c1-3-9-6-5-7-10(4-2)12(9)11(14)8-13/h5-7,11,14H,3-4,8,13H2,1-2H3. The molecule has 0 amide bonds. The first kappa shape index (κ1) is 11.2. The minimum atomic E-state index is -0.513. The fourth-order valence-electron chi connectivity index (χ4n) is 1.83. The fourth-order valence-corrected chi connectivity index (χ4v) is 1.83. The van der Waals surface area contributed by atoms with Crippen LogP contribution in [-0.2, 0) is 12.8 Å². The molecule has 1 unspecified atom stereocenters. The molecule has 1 atom stereocenters. The monoisotopic (exact) mass is 193 g/mol. The molecule has 0 spiro atoms. The van der Waals surface area contributed by atoms with Crippen LogP contribution < -0.4 is 5.73 Å². The summed E-state index contributed by atoms with van der Waals surface area (Å²) in [5.74, 6) is 0. The van der Waals surface area contributed by atoms with Crippen LogP contribution in [0.15, 0.2) is 18.2 Å². The molecule has 3 N–H and O–H groups in total. The second kappa shape index (κ2) is 5.13. The highest BCUT2D eigenvalue weighted by Crippen LogP contribution is 2.23. The normalized spacial score (nSPS) is 12.9. The average molecular weight is 193 g/mol.